The van der Waals surface area contributed by atoms with E-state index in [2.05, 4.69) is 9.73 Å². The largest absolute Gasteiger partial charge is 0.428 e. The summed E-state index contributed by atoms with van der Waals surface area (Å²) in [6.07, 6.45) is -10.9. The third-order valence-corrected chi connectivity index (χ3v) is 2.61. The Morgan fingerprint density at radius 2 is 1.52 bits per heavy atom. The third kappa shape index (κ3) is 3.83. The van der Waals surface area contributed by atoms with Crippen LogP contribution in [0, 0.1) is 0 Å². The van der Waals surface area contributed by atoms with Crippen LogP contribution >= 0.6 is 0 Å². The SMILES string of the molecule is O=C=NCC(OCc1ccccc1)(C(F)(F)F)C(F)(F)F. The minimum Gasteiger partial charge on any atom is -0.352 e. The highest BCUT2D eigenvalue weighted by Gasteiger charge is 2.72. The van der Waals surface area contributed by atoms with Crippen molar-refractivity contribution in [1.82, 2.24) is 0 Å². The quantitative estimate of drug-likeness (QED) is 0.475. The second kappa shape index (κ2) is 6.28. The molecule has 0 atom stereocenters. The minimum absolute atomic E-state index is 0.116. The number of halogens is 6. The molecule has 1 aromatic rings. The van der Waals surface area contributed by atoms with Gasteiger partial charge in [-0.1, -0.05) is 30.3 Å². The Morgan fingerprint density at radius 3 is 1.95 bits per heavy atom. The van der Waals surface area contributed by atoms with Gasteiger partial charge in [0.2, 0.25) is 6.08 Å². The molecule has 1 rings (SSSR count). The van der Waals surface area contributed by atoms with Crippen molar-refractivity contribution in [1.29, 1.82) is 0 Å². The maximum atomic E-state index is 12.9. The van der Waals surface area contributed by atoms with Crippen molar-refractivity contribution in [2.75, 3.05) is 6.54 Å². The zero-order valence-electron chi connectivity index (χ0n) is 10.3. The number of benzene rings is 1. The standard InChI is InChI=1S/C12H9F6NO2/c13-11(14,15)10(7-19-8-20,12(16,17)18)21-6-9-4-2-1-3-5-9/h1-5H,6-7H2. The van der Waals surface area contributed by atoms with Gasteiger partial charge < -0.3 is 4.74 Å². The first-order valence-electron chi connectivity index (χ1n) is 5.49. The van der Waals surface area contributed by atoms with E-state index in [0.717, 1.165) is 0 Å². The van der Waals surface area contributed by atoms with E-state index in [1.807, 2.05) is 0 Å². The molecule has 0 spiro atoms. The molecule has 3 nitrogen and oxygen atoms in total. The molecule has 21 heavy (non-hydrogen) atoms. The predicted octanol–water partition coefficient (Wildman–Crippen LogP) is 3.40. The molecule has 0 aliphatic carbocycles. The number of hydrogen-bond acceptors (Lipinski definition) is 3. The van der Waals surface area contributed by atoms with Gasteiger partial charge in [0.05, 0.1) is 13.2 Å². The summed E-state index contributed by atoms with van der Waals surface area (Å²) in [7, 11) is 0. The molecule has 0 bridgehead atoms. The molecular formula is C12H9F6NO2. The highest BCUT2D eigenvalue weighted by Crippen LogP contribution is 2.46. The molecule has 1 aromatic carbocycles. The van der Waals surface area contributed by atoms with Crippen LogP contribution in [-0.4, -0.2) is 30.6 Å². The summed E-state index contributed by atoms with van der Waals surface area (Å²) in [6, 6.07) is 7.03. The number of alkyl halides is 6. The van der Waals surface area contributed by atoms with E-state index in [4.69, 9.17) is 0 Å². The van der Waals surface area contributed by atoms with Crippen LogP contribution in [0.1, 0.15) is 5.56 Å². The van der Waals surface area contributed by atoms with E-state index in [-0.39, 0.29) is 5.56 Å². The van der Waals surface area contributed by atoms with Crippen LogP contribution in [0.2, 0.25) is 0 Å². The summed E-state index contributed by atoms with van der Waals surface area (Å²) in [6.45, 7) is -2.87. The number of ether oxygens (including phenoxy) is 1. The molecule has 0 heterocycles. The van der Waals surface area contributed by atoms with Gasteiger partial charge in [-0.25, -0.2) is 9.79 Å². The van der Waals surface area contributed by atoms with Crippen LogP contribution < -0.4 is 0 Å². The first-order valence-corrected chi connectivity index (χ1v) is 5.49. The van der Waals surface area contributed by atoms with Crippen molar-refractivity contribution < 1.29 is 35.9 Å². The fourth-order valence-electron chi connectivity index (χ4n) is 1.47. The van der Waals surface area contributed by atoms with Crippen LogP contribution in [0.3, 0.4) is 0 Å². The molecule has 116 valence electrons. The monoisotopic (exact) mass is 313 g/mol. The maximum absolute atomic E-state index is 12.9. The first kappa shape index (κ1) is 17.2. The van der Waals surface area contributed by atoms with Crippen molar-refractivity contribution in [2.45, 2.75) is 24.6 Å². The zero-order valence-corrected chi connectivity index (χ0v) is 10.3. The third-order valence-electron chi connectivity index (χ3n) is 2.61. The van der Waals surface area contributed by atoms with Crippen molar-refractivity contribution in [3.05, 3.63) is 35.9 Å². The summed E-state index contributed by atoms with van der Waals surface area (Å²) in [4.78, 5) is 12.3. The van der Waals surface area contributed by atoms with Gasteiger partial charge in [0.25, 0.3) is 5.60 Å². The fourth-order valence-corrected chi connectivity index (χ4v) is 1.47. The van der Waals surface area contributed by atoms with E-state index >= 15 is 0 Å². The Hall–Kier alpha value is -1.86. The van der Waals surface area contributed by atoms with Crippen LogP contribution in [0.15, 0.2) is 35.3 Å². The zero-order chi connectivity index (χ0) is 16.1. The maximum Gasteiger partial charge on any atom is 0.428 e. The predicted molar refractivity (Wildman–Crippen MR) is 59.1 cm³/mol. The second-order valence-electron chi connectivity index (χ2n) is 4.00. The first-order chi connectivity index (χ1) is 9.64. The number of aliphatic imine (C=N–C) groups is 1. The van der Waals surface area contributed by atoms with E-state index in [1.54, 1.807) is 6.07 Å². The fraction of sp³-hybridized carbons (Fsp3) is 0.417. The summed E-state index contributed by atoms with van der Waals surface area (Å²) >= 11 is 0. The Labute approximate surface area is 115 Å². The van der Waals surface area contributed by atoms with Gasteiger partial charge in [-0.05, 0) is 5.56 Å². The molecule has 0 fully saturated rings. The Morgan fingerprint density at radius 1 is 1.00 bits per heavy atom. The van der Waals surface area contributed by atoms with Gasteiger partial charge in [0.15, 0.2) is 0 Å². The van der Waals surface area contributed by atoms with Crippen LogP contribution in [-0.2, 0) is 16.1 Å². The van der Waals surface area contributed by atoms with Crippen LogP contribution in [0.4, 0.5) is 26.3 Å². The van der Waals surface area contributed by atoms with Crippen LogP contribution in [0.5, 0.6) is 0 Å². The van der Waals surface area contributed by atoms with E-state index in [1.165, 1.54) is 24.3 Å². The molecule has 0 aliphatic heterocycles. The van der Waals surface area contributed by atoms with Crippen LogP contribution in [0.25, 0.3) is 0 Å². The average molecular weight is 313 g/mol. The van der Waals surface area contributed by atoms with E-state index in [9.17, 15) is 31.1 Å². The van der Waals surface area contributed by atoms with Gasteiger partial charge in [0.1, 0.15) is 0 Å². The number of rotatable bonds is 5. The number of carbonyl (C=O) groups excluding carboxylic acids is 1. The number of nitrogens with zero attached hydrogens (tertiary/aromatic N) is 1. The lowest BCUT2D eigenvalue weighted by molar-refractivity contribution is -0.379. The lowest BCUT2D eigenvalue weighted by atomic mass is 10.0. The Bertz CT molecular complexity index is 491. The molecule has 0 N–H and O–H groups in total. The molecule has 0 aliphatic rings. The van der Waals surface area contributed by atoms with Gasteiger partial charge >= 0.3 is 12.4 Å². The van der Waals surface area contributed by atoms with Gasteiger partial charge in [0, 0.05) is 0 Å². The Kier molecular flexibility index (Phi) is 5.14. The molecular weight excluding hydrogens is 304 g/mol. The van der Waals surface area contributed by atoms with E-state index in [0.29, 0.717) is 6.08 Å². The molecule has 0 unspecified atom stereocenters. The number of isocyanates is 1. The molecule has 0 saturated heterocycles. The lowest BCUT2D eigenvalue weighted by Gasteiger charge is -2.35. The highest BCUT2D eigenvalue weighted by molar-refractivity contribution is 5.33. The van der Waals surface area contributed by atoms with Crippen molar-refractivity contribution in [3.63, 3.8) is 0 Å². The molecule has 0 saturated carbocycles. The summed E-state index contributed by atoms with van der Waals surface area (Å²) in [5.74, 6) is 0. The topological polar surface area (TPSA) is 38.7 Å². The van der Waals surface area contributed by atoms with Crippen molar-refractivity contribution in [3.8, 4) is 0 Å². The van der Waals surface area contributed by atoms with E-state index < -0.39 is 31.1 Å². The normalized spacial score (nSPS) is 12.9. The lowest BCUT2D eigenvalue weighted by Crippen LogP contribution is -2.60. The average Bonchev–Trinajstić information content (AvgIpc) is 2.37. The van der Waals surface area contributed by atoms with Crippen molar-refractivity contribution in [2.24, 2.45) is 4.99 Å². The van der Waals surface area contributed by atoms with Gasteiger partial charge in [-0.2, -0.15) is 26.3 Å². The highest BCUT2D eigenvalue weighted by atomic mass is 19.4. The smallest absolute Gasteiger partial charge is 0.352 e. The molecule has 0 amide bonds. The molecule has 0 aromatic heterocycles. The minimum atomic E-state index is -5.79. The second-order valence-corrected chi connectivity index (χ2v) is 4.00. The molecule has 0 radical (unpaired) electrons. The summed E-state index contributed by atoms with van der Waals surface area (Å²) < 4.78 is 81.3. The Balaban J connectivity index is 3.13. The summed E-state index contributed by atoms with van der Waals surface area (Å²) in [5, 5.41) is 0. The summed E-state index contributed by atoms with van der Waals surface area (Å²) in [5.41, 5.74) is -4.43. The number of hydrogen-bond donors (Lipinski definition) is 0. The van der Waals surface area contributed by atoms with Gasteiger partial charge in [-0.3, -0.25) is 0 Å². The molecule has 9 heteroatoms. The van der Waals surface area contributed by atoms with Gasteiger partial charge in [-0.15, -0.1) is 0 Å². The van der Waals surface area contributed by atoms with Crippen molar-refractivity contribution >= 4 is 6.08 Å².